The number of fused-ring (bicyclic) bond motifs is 1. The van der Waals surface area contributed by atoms with Crippen molar-refractivity contribution < 1.29 is 14.3 Å². The van der Waals surface area contributed by atoms with Crippen LogP contribution in [0.1, 0.15) is 34.9 Å². The van der Waals surface area contributed by atoms with Crippen molar-refractivity contribution in [2.75, 3.05) is 5.32 Å². The molecule has 2 aromatic rings. The fourth-order valence-corrected chi connectivity index (χ4v) is 3.17. The van der Waals surface area contributed by atoms with Crippen molar-refractivity contribution in [1.29, 1.82) is 0 Å². The van der Waals surface area contributed by atoms with Crippen LogP contribution in [0.3, 0.4) is 0 Å². The van der Waals surface area contributed by atoms with Crippen LogP contribution < -0.4 is 5.32 Å². The molecule has 1 aliphatic rings. The summed E-state index contributed by atoms with van der Waals surface area (Å²) in [6.07, 6.45) is -0.317. The average Bonchev–Trinajstić information content (AvgIpc) is 3.01. The third-order valence-corrected chi connectivity index (χ3v) is 4.51. The summed E-state index contributed by atoms with van der Waals surface area (Å²) in [6.45, 7) is 1.73. The van der Waals surface area contributed by atoms with Crippen LogP contribution in [-0.4, -0.2) is 11.0 Å². The van der Waals surface area contributed by atoms with Crippen LogP contribution in [0.25, 0.3) is 0 Å². The van der Waals surface area contributed by atoms with Gasteiger partial charge in [0.2, 0.25) is 5.91 Å². The SMILES string of the molecule is CC1C(=O)Nc2c(F)cc(C(O)Cc3cccs3)cc21. The van der Waals surface area contributed by atoms with Crippen LogP contribution in [0.5, 0.6) is 0 Å². The minimum atomic E-state index is -0.767. The molecular weight excluding hydrogens is 277 g/mol. The van der Waals surface area contributed by atoms with E-state index in [4.69, 9.17) is 0 Å². The summed E-state index contributed by atoms with van der Waals surface area (Å²) >= 11 is 1.56. The molecule has 20 heavy (non-hydrogen) atoms. The second kappa shape index (κ2) is 5.00. The molecule has 2 unspecified atom stereocenters. The van der Waals surface area contributed by atoms with Crippen molar-refractivity contribution in [2.24, 2.45) is 0 Å². The lowest BCUT2D eigenvalue weighted by Gasteiger charge is -2.13. The van der Waals surface area contributed by atoms with Gasteiger partial charge in [-0.05, 0) is 35.6 Å². The maximum Gasteiger partial charge on any atom is 0.231 e. The van der Waals surface area contributed by atoms with Gasteiger partial charge in [0.1, 0.15) is 5.82 Å². The summed E-state index contributed by atoms with van der Waals surface area (Å²) in [4.78, 5) is 12.6. The van der Waals surface area contributed by atoms with Crippen molar-refractivity contribution >= 4 is 22.9 Å². The Kier molecular flexibility index (Phi) is 3.31. The first kappa shape index (κ1) is 13.3. The van der Waals surface area contributed by atoms with Gasteiger partial charge in [-0.2, -0.15) is 0 Å². The molecule has 0 radical (unpaired) electrons. The molecule has 0 saturated carbocycles. The lowest BCUT2D eigenvalue weighted by atomic mass is 9.97. The monoisotopic (exact) mass is 291 g/mol. The molecule has 1 aliphatic heterocycles. The molecule has 2 heterocycles. The largest absolute Gasteiger partial charge is 0.388 e. The van der Waals surface area contributed by atoms with Gasteiger partial charge in [-0.1, -0.05) is 12.1 Å². The Bertz CT molecular complexity index is 654. The predicted octanol–water partition coefficient (Wildman–Crippen LogP) is 3.22. The summed E-state index contributed by atoms with van der Waals surface area (Å²) in [5.74, 6) is -1.07. The van der Waals surface area contributed by atoms with E-state index >= 15 is 0 Å². The highest BCUT2D eigenvalue weighted by Gasteiger charge is 2.30. The lowest BCUT2D eigenvalue weighted by Crippen LogP contribution is -2.08. The van der Waals surface area contributed by atoms with E-state index < -0.39 is 11.9 Å². The van der Waals surface area contributed by atoms with Gasteiger partial charge in [0.15, 0.2) is 0 Å². The van der Waals surface area contributed by atoms with Gasteiger partial charge < -0.3 is 10.4 Å². The van der Waals surface area contributed by atoms with Crippen molar-refractivity contribution in [1.82, 2.24) is 0 Å². The van der Waals surface area contributed by atoms with Crippen molar-refractivity contribution in [3.63, 3.8) is 0 Å². The summed E-state index contributed by atoms with van der Waals surface area (Å²) in [7, 11) is 0. The van der Waals surface area contributed by atoms with Crippen LogP contribution >= 0.6 is 11.3 Å². The Labute approximate surface area is 120 Å². The normalized spacial score (nSPS) is 18.8. The van der Waals surface area contributed by atoms with E-state index in [2.05, 4.69) is 5.32 Å². The van der Waals surface area contributed by atoms with Gasteiger partial charge in [0.05, 0.1) is 17.7 Å². The number of rotatable bonds is 3. The van der Waals surface area contributed by atoms with Gasteiger partial charge in [-0.25, -0.2) is 4.39 Å². The Hall–Kier alpha value is -1.72. The molecule has 5 heteroatoms. The van der Waals surface area contributed by atoms with Crippen LogP contribution in [0, 0.1) is 5.82 Å². The average molecular weight is 291 g/mol. The molecule has 0 fully saturated rings. The number of hydrogen-bond donors (Lipinski definition) is 2. The molecular formula is C15H14FNO2S. The zero-order chi connectivity index (χ0) is 14.3. The van der Waals surface area contributed by atoms with E-state index in [0.717, 1.165) is 4.88 Å². The van der Waals surface area contributed by atoms with E-state index in [1.807, 2.05) is 17.5 Å². The number of halogens is 1. The second-order valence-electron chi connectivity index (χ2n) is 4.98. The van der Waals surface area contributed by atoms with E-state index in [-0.39, 0.29) is 17.5 Å². The van der Waals surface area contributed by atoms with Crippen LogP contribution in [0.4, 0.5) is 10.1 Å². The maximum atomic E-state index is 14.0. The Morgan fingerprint density at radius 1 is 1.50 bits per heavy atom. The fraction of sp³-hybridized carbons (Fsp3) is 0.267. The smallest absolute Gasteiger partial charge is 0.231 e. The van der Waals surface area contributed by atoms with E-state index in [0.29, 0.717) is 17.5 Å². The summed E-state index contributed by atoms with van der Waals surface area (Å²) in [6, 6.07) is 6.88. The second-order valence-corrected chi connectivity index (χ2v) is 6.01. The number of benzene rings is 1. The molecule has 0 aliphatic carbocycles. The Morgan fingerprint density at radius 3 is 3.00 bits per heavy atom. The third-order valence-electron chi connectivity index (χ3n) is 3.61. The zero-order valence-corrected chi connectivity index (χ0v) is 11.7. The molecule has 3 nitrogen and oxygen atoms in total. The number of nitrogens with one attached hydrogen (secondary N) is 1. The first-order valence-electron chi connectivity index (χ1n) is 6.41. The summed E-state index contributed by atoms with van der Waals surface area (Å²) in [5, 5.41) is 14.7. The number of amides is 1. The van der Waals surface area contributed by atoms with E-state index in [1.165, 1.54) is 6.07 Å². The highest BCUT2D eigenvalue weighted by molar-refractivity contribution is 7.09. The quantitative estimate of drug-likeness (QED) is 0.912. The number of hydrogen-bond acceptors (Lipinski definition) is 3. The lowest BCUT2D eigenvalue weighted by molar-refractivity contribution is -0.116. The molecule has 0 spiro atoms. The minimum Gasteiger partial charge on any atom is -0.388 e. The van der Waals surface area contributed by atoms with Crippen molar-refractivity contribution in [3.8, 4) is 0 Å². The summed E-state index contributed by atoms with van der Waals surface area (Å²) in [5.41, 5.74) is 1.38. The van der Waals surface area contributed by atoms with Crippen LogP contribution in [-0.2, 0) is 11.2 Å². The molecule has 104 valence electrons. The molecule has 1 aromatic heterocycles. The number of aliphatic hydroxyl groups is 1. The van der Waals surface area contributed by atoms with Crippen molar-refractivity contribution in [3.05, 3.63) is 51.5 Å². The molecule has 2 N–H and O–H groups in total. The molecule has 0 saturated heterocycles. The summed E-state index contributed by atoms with van der Waals surface area (Å²) < 4.78 is 14.0. The van der Waals surface area contributed by atoms with Crippen molar-refractivity contribution in [2.45, 2.75) is 25.4 Å². The molecule has 0 bridgehead atoms. The topological polar surface area (TPSA) is 49.3 Å². The standard InChI is InChI=1S/C15H14FNO2S/c1-8-11-5-9(6-12(16)14(11)17-15(8)19)13(18)7-10-3-2-4-20-10/h2-6,8,13,18H,7H2,1H3,(H,17,19). The highest BCUT2D eigenvalue weighted by atomic mass is 32.1. The highest BCUT2D eigenvalue weighted by Crippen LogP contribution is 2.37. The minimum absolute atomic E-state index is 0.205. The number of anilines is 1. The zero-order valence-electron chi connectivity index (χ0n) is 10.9. The van der Waals surface area contributed by atoms with E-state index in [1.54, 1.807) is 24.3 Å². The van der Waals surface area contributed by atoms with Gasteiger partial charge in [0.25, 0.3) is 0 Å². The van der Waals surface area contributed by atoms with Crippen LogP contribution in [0.2, 0.25) is 0 Å². The van der Waals surface area contributed by atoms with Gasteiger partial charge in [0, 0.05) is 11.3 Å². The number of carbonyl (C=O) groups is 1. The predicted molar refractivity (Wildman–Crippen MR) is 76.4 cm³/mol. The first-order valence-corrected chi connectivity index (χ1v) is 7.29. The molecule has 1 aromatic carbocycles. The number of carbonyl (C=O) groups excluding carboxylic acids is 1. The maximum absolute atomic E-state index is 14.0. The molecule has 1 amide bonds. The van der Waals surface area contributed by atoms with Gasteiger partial charge in [-0.15, -0.1) is 11.3 Å². The van der Waals surface area contributed by atoms with Gasteiger partial charge in [-0.3, -0.25) is 4.79 Å². The number of thiophene rings is 1. The van der Waals surface area contributed by atoms with Crippen LogP contribution in [0.15, 0.2) is 29.6 Å². The number of aliphatic hydroxyl groups excluding tert-OH is 1. The first-order chi connectivity index (χ1) is 9.56. The molecule has 3 rings (SSSR count). The van der Waals surface area contributed by atoms with Gasteiger partial charge >= 0.3 is 0 Å². The fourth-order valence-electron chi connectivity index (χ4n) is 2.43. The van der Waals surface area contributed by atoms with E-state index in [9.17, 15) is 14.3 Å². The molecule has 2 atom stereocenters. The third kappa shape index (κ3) is 2.23. The Balaban J connectivity index is 1.92. The Morgan fingerprint density at radius 2 is 2.30 bits per heavy atom.